The molecule has 3 atom stereocenters. The fourth-order valence-corrected chi connectivity index (χ4v) is 7.57. The Balaban J connectivity index is 1.29. The molecule has 3 aromatic heterocycles. The van der Waals surface area contributed by atoms with Gasteiger partial charge in [0, 0.05) is 47.1 Å². The lowest BCUT2D eigenvalue weighted by atomic mass is 9.87. The number of rotatable bonds is 5. The topological polar surface area (TPSA) is 144 Å². The van der Waals surface area contributed by atoms with E-state index in [9.17, 15) is 18.3 Å². The number of pyridine rings is 1. The van der Waals surface area contributed by atoms with Gasteiger partial charge in [-0.2, -0.15) is 9.61 Å². The molecule has 0 unspecified atom stereocenters. The Morgan fingerprint density at radius 3 is 2.33 bits per heavy atom. The highest BCUT2D eigenvalue weighted by Crippen LogP contribution is 2.48. The summed E-state index contributed by atoms with van der Waals surface area (Å²) in [5.74, 6) is -0.358. The van der Waals surface area contributed by atoms with Gasteiger partial charge in [-0.3, -0.25) is 9.78 Å². The van der Waals surface area contributed by atoms with Gasteiger partial charge in [-0.25, -0.2) is 13.4 Å². The predicted octanol–water partition coefficient (Wildman–Crippen LogP) is 3.21. The van der Waals surface area contributed by atoms with Crippen molar-refractivity contribution in [2.24, 2.45) is 0 Å². The predicted molar refractivity (Wildman–Crippen MR) is 149 cm³/mol. The number of nitrogens with zero attached hydrogens (tertiary/aromatic N) is 5. The maximum absolute atomic E-state index is 13.0. The summed E-state index contributed by atoms with van der Waals surface area (Å²) < 4.78 is 27.4. The smallest absolute Gasteiger partial charge is 0.255 e. The Morgan fingerprint density at radius 2 is 1.73 bits per heavy atom. The van der Waals surface area contributed by atoms with Crippen LogP contribution >= 0.6 is 0 Å². The van der Waals surface area contributed by atoms with Gasteiger partial charge in [-0.05, 0) is 44.6 Å². The zero-order chi connectivity index (χ0) is 27.8. The molecule has 4 aromatic rings. The summed E-state index contributed by atoms with van der Waals surface area (Å²) >= 11 is 0. The number of amides is 1. The molecule has 11 heteroatoms. The zero-order valence-electron chi connectivity index (χ0n) is 22.1. The second-order valence-corrected chi connectivity index (χ2v) is 13.3. The van der Waals surface area contributed by atoms with Crippen molar-refractivity contribution in [2.75, 3.05) is 12.0 Å². The van der Waals surface area contributed by atoms with E-state index in [2.05, 4.69) is 10.1 Å². The van der Waals surface area contributed by atoms with E-state index in [0.29, 0.717) is 42.6 Å². The number of hydrogen-bond acceptors (Lipinski definition) is 8. The molecule has 3 fully saturated rings. The van der Waals surface area contributed by atoms with Crippen molar-refractivity contribution in [3.05, 3.63) is 60.6 Å². The van der Waals surface area contributed by atoms with Gasteiger partial charge >= 0.3 is 0 Å². The Hall–Kier alpha value is -3.83. The number of hydrogen-bond donors (Lipinski definition) is 2. The first-order valence-corrected chi connectivity index (χ1v) is 15.5. The molecule has 40 heavy (non-hydrogen) atoms. The van der Waals surface area contributed by atoms with Crippen LogP contribution in [-0.2, 0) is 14.6 Å². The number of fused-ring (bicyclic) bond motifs is 3. The largest absolute Gasteiger partial charge is 0.382 e. The second kappa shape index (κ2) is 8.84. The summed E-state index contributed by atoms with van der Waals surface area (Å²) in [6.07, 6.45) is 8.33. The molecule has 1 aromatic carbocycles. The van der Waals surface area contributed by atoms with E-state index in [1.807, 2.05) is 47.4 Å². The van der Waals surface area contributed by atoms with Crippen LogP contribution in [0.15, 0.2) is 59.8 Å². The van der Waals surface area contributed by atoms with Crippen LogP contribution in [0.1, 0.15) is 50.1 Å². The van der Waals surface area contributed by atoms with Crippen molar-refractivity contribution in [1.82, 2.24) is 24.5 Å². The highest BCUT2D eigenvalue weighted by Gasteiger charge is 2.55. The lowest BCUT2D eigenvalue weighted by molar-refractivity contribution is -0.147. The van der Waals surface area contributed by atoms with Gasteiger partial charge < -0.3 is 15.7 Å². The Kier molecular flexibility index (Phi) is 5.56. The van der Waals surface area contributed by atoms with Crippen LogP contribution < -0.4 is 5.73 Å². The van der Waals surface area contributed by atoms with Crippen molar-refractivity contribution < 1.29 is 18.3 Å². The molecule has 1 saturated carbocycles. The molecule has 7 rings (SSSR count). The van der Waals surface area contributed by atoms with E-state index < -0.39 is 15.4 Å². The van der Waals surface area contributed by atoms with E-state index in [1.54, 1.807) is 12.4 Å². The average Bonchev–Trinajstić information content (AvgIpc) is 3.46. The van der Waals surface area contributed by atoms with E-state index in [1.165, 1.54) is 4.52 Å². The summed E-state index contributed by atoms with van der Waals surface area (Å²) in [5.41, 5.74) is 9.50. The third kappa shape index (κ3) is 3.98. The first-order valence-electron chi connectivity index (χ1n) is 13.6. The van der Waals surface area contributed by atoms with Crippen LogP contribution in [0.3, 0.4) is 0 Å². The highest BCUT2D eigenvalue weighted by atomic mass is 32.2. The number of anilines is 1. The minimum Gasteiger partial charge on any atom is -0.382 e. The summed E-state index contributed by atoms with van der Waals surface area (Å²) in [5, 5.41) is 14.9. The Labute approximate surface area is 231 Å². The third-order valence-electron chi connectivity index (χ3n) is 8.65. The molecule has 10 nitrogen and oxygen atoms in total. The number of carbonyl (C=O) groups is 1. The SMILES string of the molecule is CS(=O)(=O)c1c([C@H]2C[C@H]3CC[C@@H](C2)N3C(=O)C2(O)CC2)nc2c(-c3ccc(-c4ccccc4)nc3)cnn2c1N. The minimum absolute atomic E-state index is 0.00259. The molecule has 3 N–H and O–H groups in total. The Bertz CT molecular complexity index is 1730. The van der Waals surface area contributed by atoms with Gasteiger partial charge in [0.2, 0.25) is 0 Å². The molecule has 206 valence electrons. The van der Waals surface area contributed by atoms with Crippen LogP contribution in [0.2, 0.25) is 0 Å². The number of aromatic nitrogens is 4. The second-order valence-electron chi connectivity index (χ2n) is 11.4. The number of piperidine rings is 1. The quantitative estimate of drug-likeness (QED) is 0.380. The molecular weight excluding hydrogens is 528 g/mol. The number of nitrogens with two attached hydrogens (primary N) is 1. The van der Waals surface area contributed by atoms with Crippen molar-refractivity contribution in [1.29, 1.82) is 0 Å². The summed E-state index contributed by atoms with van der Waals surface area (Å²) in [6, 6.07) is 13.6. The maximum Gasteiger partial charge on any atom is 0.255 e. The fraction of sp³-hybridized carbons (Fsp3) is 0.379. The van der Waals surface area contributed by atoms with E-state index in [0.717, 1.165) is 35.9 Å². The number of sulfone groups is 1. The molecule has 3 aliphatic rings. The van der Waals surface area contributed by atoms with E-state index in [4.69, 9.17) is 10.7 Å². The summed E-state index contributed by atoms with van der Waals surface area (Å²) in [7, 11) is -3.74. The first-order chi connectivity index (χ1) is 19.1. The zero-order valence-corrected chi connectivity index (χ0v) is 22.9. The van der Waals surface area contributed by atoms with Crippen molar-refractivity contribution in [2.45, 2.75) is 67.0 Å². The molecule has 1 aliphatic carbocycles. The fourth-order valence-electron chi connectivity index (χ4n) is 6.52. The van der Waals surface area contributed by atoms with Crippen LogP contribution in [-0.4, -0.2) is 67.9 Å². The van der Waals surface area contributed by atoms with Crippen LogP contribution in [0.5, 0.6) is 0 Å². The van der Waals surface area contributed by atoms with Crippen molar-refractivity contribution in [3.63, 3.8) is 0 Å². The standard InChI is InChI=1S/C29H30N6O4S/c1-40(38,39)25-24(19-13-20-8-9-21(14-19)34(20)28(36)29(37)11-12-29)33-27-22(16-32-35(27)26(25)30)18-7-10-23(31-15-18)17-5-3-2-4-6-17/h2-7,10,15-16,19-21,37H,8-9,11-14,30H2,1H3/t19-,20+,21-. The first kappa shape index (κ1) is 25.2. The van der Waals surface area contributed by atoms with Gasteiger partial charge in [0.05, 0.1) is 17.6 Å². The number of benzene rings is 1. The summed E-state index contributed by atoms with van der Waals surface area (Å²) in [4.78, 5) is 24.5. The molecule has 2 bridgehead atoms. The molecule has 1 amide bonds. The van der Waals surface area contributed by atoms with Crippen molar-refractivity contribution >= 4 is 27.2 Å². The maximum atomic E-state index is 13.0. The van der Waals surface area contributed by atoms with E-state index in [-0.39, 0.29) is 34.6 Å². The molecule has 0 spiro atoms. The van der Waals surface area contributed by atoms with Crippen LogP contribution in [0, 0.1) is 0 Å². The van der Waals surface area contributed by atoms with Gasteiger partial charge in [0.15, 0.2) is 15.5 Å². The molecular formula is C29H30N6O4S. The van der Waals surface area contributed by atoms with Gasteiger partial charge in [-0.15, -0.1) is 0 Å². The lowest BCUT2D eigenvalue weighted by Gasteiger charge is -2.40. The molecule has 5 heterocycles. The lowest BCUT2D eigenvalue weighted by Crippen LogP contribution is -2.51. The number of aliphatic hydroxyl groups is 1. The van der Waals surface area contributed by atoms with Crippen molar-refractivity contribution in [3.8, 4) is 22.4 Å². The third-order valence-corrected chi connectivity index (χ3v) is 9.81. The van der Waals surface area contributed by atoms with Gasteiger partial charge in [0.25, 0.3) is 5.91 Å². The molecule has 2 saturated heterocycles. The molecule has 2 aliphatic heterocycles. The van der Waals surface area contributed by atoms with E-state index >= 15 is 0 Å². The highest BCUT2D eigenvalue weighted by molar-refractivity contribution is 7.91. The number of carbonyl (C=O) groups excluding carboxylic acids is 1. The van der Waals surface area contributed by atoms with Crippen LogP contribution in [0.4, 0.5) is 5.82 Å². The molecule has 0 radical (unpaired) electrons. The summed E-state index contributed by atoms with van der Waals surface area (Å²) in [6.45, 7) is 0. The normalized spacial score (nSPS) is 23.4. The number of nitrogen functional groups attached to an aromatic ring is 1. The average molecular weight is 559 g/mol. The monoisotopic (exact) mass is 558 g/mol. The van der Waals surface area contributed by atoms with Gasteiger partial charge in [0.1, 0.15) is 16.3 Å². The Morgan fingerprint density at radius 1 is 1.02 bits per heavy atom. The van der Waals surface area contributed by atoms with Gasteiger partial charge in [-0.1, -0.05) is 36.4 Å². The van der Waals surface area contributed by atoms with Crippen LogP contribution in [0.25, 0.3) is 28.0 Å². The minimum atomic E-state index is -3.74.